The second kappa shape index (κ2) is 10.9. The summed E-state index contributed by atoms with van der Waals surface area (Å²) in [6.45, 7) is 8.52. The van der Waals surface area contributed by atoms with Gasteiger partial charge in [0.1, 0.15) is 11.5 Å². The molecule has 0 atom stereocenters. The molecule has 6 heteroatoms. The molecule has 0 N–H and O–H groups in total. The lowest BCUT2D eigenvalue weighted by molar-refractivity contribution is 0.263. The second-order valence-corrected chi connectivity index (χ2v) is 10.3. The van der Waals surface area contributed by atoms with E-state index in [4.69, 9.17) is 9.47 Å². The third-order valence-electron chi connectivity index (χ3n) is 6.79. The Morgan fingerprint density at radius 3 is 1.61 bits per heavy atom. The van der Waals surface area contributed by atoms with Crippen molar-refractivity contribution in [2.45, 2.75) is 38.5 Å². The largest absolute Gasteiger partial charge is 0.493 e. The predicted octanol–water partition coefficient (Wildman–Crippen LogP) is 5.14. The highest BCUT2D eigenvalue weighted by atomic mass is 32.1. The van der Waals surface area contributed by atoms with Gasteiger partial charge in [0.2, 0.25) is 0 Å². The molecule has 1 aromatic heterocycles. The Kier molecular flexibility index (Phi) is 7.44. The predicted molar refractivity (Wildman–Crippen MR) is 137 cm³/mol. The fraction of sp³-hybridized carbons (Fsp3) is 0.519. The van der Waals surface area contributed by atoms with Crippen molar-refractivity contribution in [1.29, 1.82) is 0 Å². The fourth-order valence-corrected chi connectivity index (χ4v) is 6.09. The molecule has 0 radical (unpaired) electrons. The lowest BCUT2D eigenvalue weighted by Crippen LogP contribution is -2.21. The topological polar surface area (TPSA) is 42.0 Å². The first-order chi connectivity index (χ1) is 16.3. The molecule has 0 aliphatic carbocycles. The summed E-state index contributed by atoms with van der Waals surface area (Å²) in [4.78, 5) is 18.1. The van der Waals surface area contributed by atoms with Crippen LogP contribution in [0.1, 0.15) is 38.5 Å². The molecular weight excluding hydrogens is 432 g/mol. The van der Waals surface area contributed by atoms with Gasteiger partial charge in [-0.2, -0.15) is 0 Å². The SMILES string of the molecule is O=c1c2ccc(OCCCN3CCCC3)cc2sc2cc(OCCCN3CCCC3)ccc12. The maximum atomic E-state index is 13.0. The van der Waals surface area contributed by atoms with E-state index in [1.807, 2.05) is 36.4 Å². The summed E-state index contributed by atoms with van der Waals surface area (Å²) in [5, 5.41) is 1.52. The molecule has 2 aliphatic heterocycles. The third-order valence-corrected chi connectivity index (χ3v) is 7.90. The van der Waals surface area contributed by atoms with E-state index in [0.29, 0.717) is 13.2 Å². The molecule has 0 amide bonds. The van der Waals surface area contributed by atoms with Crippen molar-refractivity contribution < 1.29 is 9.47 Å². The molecule has 0 saturated carbocycles. The molecule has 2 aromatic carbocycles. The Labute approximate surface area is 199 Å². The summed E-state index contributed by atoms with van der Waals surface area (Å²) >= 11 is 1.64. The van der Waals surface area contributed by atoms with Crippen LogP contribution in [0.3, 0.4) is 0 Å². The van der Waals surface area contributed by atoms with Gasteiger partial charge < -0.3 is 19.3 Å². The molecule has 33 heavy (non-hydrogen) atoms. The summed E-state index contributed by atoms with van der Waals surface area (Å²) in [6, 6.07) is 11.7. The molecule has 0 unspecified atom stereocenters. The van der Waals surface area contributed by atoms with E-state index in [-0.39, 0.29) is 5.43 Å². The normalized spacial score (nSPS) is 17.3. The van der Waals surface area contributed by atoms with Gasteiger partial charge >= 0.3 is 0 Å². The smallest absolute Gasteiger partial charge is 0.195 e. The van der Waals surface area contributed by atoms with Crippen LogP contribution in [0.25, 0.3) is 20.2 Å². The molecule has 2 saturated heterocycles. The van der Waals surface area contributed by atoms with Gasteiger partial charge in [0.15, 0.2) is 5.43 Å². The number of benzene rings is 2. The molecule has 2 aliphatic rings. The van der Waals surface area contributed by atoms with E-state index in [1.54, 1.807) is 11.3 Å². The van der Waals surface area contributed by atoms with Crippen LogP contribution in [-0.2, 0) is 0 Å². The Bertz CT molecular complexity index is 1050. The van der Waals surface area contributed by atoms with Gasteiger partial charge in [-0.15, -0.1) is 11.3 Å². The van der Waals surface area contributed by atoms with Crippen LogP contribution >= 0.6 is 11.3 Å². The zero-order valence-electron chi connectivity index (χ0n) is 19.4. The number of rotatable bonds is 10. The maximum Gasteiger partial charge on any atom is 0.195 e. The van der Waals surface area contributed by atoms with E-state index < -0.39 is 0 Å². The maximum absolute atomic E-state index is 13.0. The van der Waals surface area contributed by atoms with E-state index in [2.05, 4.69) is 9.80 Å². The number of nitrogens with zero attached hydrogens (tertiary/aromatic N) is 2. The van der Waals surface area contributed by atoms with Crippen molar-refractivity contribution in [1.82, 2.24) is 9.80 Å². The van der Waals surface area contributed by atoms with Gasteiger partial charge in [0.25, 0.3) is 0 Å². The molecule has 3 heterocycles. The molecule has 3 aromatic rings. The van der Waals surface area contributed by atoms with Crippen molar-refractivity contribution in [3.8, 4) is 11.5 Å². The zero-order valence-corrected chi connectivity index (χ0v) is 20.2. The molecule has 0 spiro atoms. The average Bonchev–Trinajstić information content (AvgIpc) is 3.54. The molecule has 176 valence electrons. The number of likely N-dealkylation sites (tertiary alicyclic amines) is 2. The van der Waals surface area contributed by atoms with Crippen molar-refractivity contribution in [3.05, 3.63) is 46.6 Å². The quantitative estimate of drug-likeness (QED) is 0.306. The van der Waals surface area contributed by atoms with Crippen molar-refractivity contribution in [2.24, 2.45) is 0 Å². The minimum absolute atomic E-state index is 0.0833. The van der Waals surface area contributed by atoms with Crippen molar-refractivity contribution in [2.75, 3.05) is 52.5 Å². The number of ether oxygens (including phenoxy) is 2. The molecule has 5 rings (SSSR count). The summed E-state index contributed by atoms with van der Waals surface area (Å²) in [6.07, 6.45) is 7.36. The van der Waals surface area contributed by atoms with E-state index in [1.165, 1.54) is 51.9 Å². The van der Waals surface area contributed by atoms with Gasteiger partial charge in [-0.1, -0.05) is 0 Å². The van der Waals surface area contributed by atoms with Gasteiger partial charge in [-0.3, -0.25) is 4.79 Å². The van der Waals surface area contributed by atoms with Crippen molar-refractivity contribution >= 4 is 31.5 Å². The molecule has 5 nitrogen and oxygen atoms in total. The minimum atomic E-state index is 0.0833. The highest BCUT2D eigenvalue weighted by molar-refractivity contribution is 7.24. The molecule has 0 bridgehead atoms. The first kappa shape index (κ1) is 22.6. The van der Waals surface area contributed by atoms with E-state index >= 15 is 0 Å². The van der Waals surface area contributed by atoms with Crippen LogP contribution in [0.5, 0.6) is 11.5 Å². The Balaban J connectivity index is 1.23. The van der Waals surface area contributed by atoms with Crippen LogP contribution in [-0.4, -0.2) is 62.3 Å². The van der Waals surface area contributed by atoms with Crippen LogP contribution in [0.4, 0.5) is 0 Å². The Morgan fingerprint density at radius 1 is 0.697 bits per heavy atom. The highest BCUT2D eigenvalue weighted by Crippen LogP contribution is 2.30. The fourth-order valence-electron chi connectivity index (χ4n) is 4.96. The van der Waals surface area contributed by atoms with Crippen LogP contribution in [0.2, 0.25) is 0 Å². The number of fused-ring (bicyclic) bond motifs is 2. The Hall–Kier alpha value is -2.15. The van der Waals surface area contributed by atoms with E-state index in [0.717, 1.165) is 57.6 Å². The minimum Gasteiger partial charge on any atom is -0.493 e. The van der Waals surface area contributed by atoms with E-state index in [9.17, 15) is 4.79 Å². The van der Waals surface area contributed by atoms with Crippen LogP contribution < -0.4 is 14.9 Å². The average molecular weight is 467 g/mol. The van der Waals surface area contributed by atoms with Crippen LogP contribution in [0, 0.1) is 0 Å². The Morgan fingerprint density at radius 2 is 1.15 bits per heavy atom. The lowest BCUT2D eigenvalue weighted by Gasteiger charge is -2.15. The summed E-state index contributed by atoms with van der Waals surface area (Å²) in [7, 11) is 0. The van der Waals surface area contributed by atoms with Gasteiger partial charge in [-0.25, -0.2) is 0 Å². The highest BCUT2D eigenvalue weighted by Gasteiger charge is 2.12. The number of hydrogen-bond donors (Lipinski definition) is 0. The third kappa shape index (κ3) is 5.68. The van der Waals surface area contributed by atoms with Gasteiger partial charge in [0.05, 0.1) is 13.2 Å². The lowest BCUT2D eigenvalue weighted by atomic mass is 10.2. The van der Waals surface area contributed by atoms with Crippen LogP contribution in [0.15, 0.2) is 41.2 Å². The zero-order chi connectivity index (χ0) is 22.5. The van der Waals surface area contributed by atoms with Gasteiger partial charge in [-0.05, 0) is 101 Å². The number of hydrogen-bond acceptors (Lipinski definition) is 6. The monoisotopic (exact) mass is 466 g/mol. The van der Waals surface area contributed by atoms with Gasteiger partial charge in [0, 0.05) is 33.3 Å². The molecule has 2 fully saturated rings. The van der Waals surface area contributed by atoms with Crippen molar-refractivity contribution in [3.63, 3.8) is 0 Å². The second-order valence-electron chi connectivity index (χ2n) is 9.25. The standard InChI is InChI=1S/C27H34N2O3S/c30-27-23-9-7-21(31-17-5-15-28-11-1-2-12-28)19-25(23)33-26-20-22(8-10-24(26)27)32-18-6-16-29-13-3-4-14-29/h7-10,19-20H,1-6,11-18H2. The summed E-state index contributed by atoms with van der Waals surface area (Å²) in [5.41, 5.74) is 0.0833. The first-order valence-electron chi connectivity index (χ1n) is 12.5. The summed E-state index contributed by atoms with van der Waals surface area (Å²) in [5.74, 6) is 1.68. The summed E-state index contributed by atoms with van der Waals surface area (Å²) < 4.78 is 13.9. The first-order valence-corrected chi connectivity index (χ1v) is 13.3. The molecular formula is C27H34N2O3S.